The fraction of sp³-hybridized carbons (Fsp3) is 0.500. The Morgan fingerprint density at radius 1 is 0.938 bits per heavy atom. The summed E-state index contributed by atoms with van der Waals surface area (Å²) < 4.78 is 11.2. The molecule has 0 saturated carbocycles. The quantitative estimate of drug-likeness (QED) is 0.721. The molecule has 0 unspecified atom stereocenters. The predicted molar refractivity (Wildman–Crippen MR) is 69.2 cm³/mol. The average molecular weight is 244 g/mol. The van der Waals surface area contributed by atoms with Crippen molar-refractivity contribution in [2.45, 2.75) is 27.2 Å². The fourth-order valence-electron chi connectivity index (χ4n) is 1.27. The number of aryl methyl sites for hydroxylation is 1. The highest BCUT2D eigenvalue weighted by atomic mass is 31.2. The van der Waals surface area contributed by atoms with E-state index in [1.807, 2.05) is 13.8 Å². The molecule has 0 radical (unpaired) electrons. The molecule has 4 heteroatoms. The van der Waals surface area contributed by atoms with Crippen molar-refractivity contribution in [3.63, 3.8) is 0 Å². The van der Waals surface area contributed by atoms with Gasteiger partial charge in [0.05, 0.1) is 13.2 Å². The minimum absolute atomic E-state index is 0. The first-order chi connectivity index (χ1) is 7.31. The Balaban J connectivity index is 0.00000225. The van der Waals surface area contributed by atoms with Crippen LogP contribution in [-0.2, 0) is 15.5 Å². The SMILES string of the molecule is CCOP(OCC)c1ccc(CC)cc1.O. The van der Waals surface area contributed by atoms with E-state index in [0.717, 1.165) is 11.7 Å². The van der Waals surface area contributed by atoms with Gasteiger partial charge in [0, 0.05) is 5.30 Å². The average Bonchev–Trinajstić information content (AvgIpc) is 2.29. The zero-order valence-electron chi connectivity index (χ0n) is 10.2. The fourth-order valence-corrected chi connectivity index (χ4v) is 2.51. The van der Waals surface area contributed by atoms with Gasteiger partial charge < -0.3 is 14.5 Å². The Morgan fingerprint density at radius 3 is 1.81 bits per heavy atom. The summed E-state index contributed by atoms with van der Waals surface area (Å²) in [4.78, 5) is 0. The second-order valence-electron chi connectivity index (χ2n) is 3.11. The van der Waals surface area contributed by atoms with Crippen LogP contribution in [0.25, 0.3) is 0 Å². The summed E-state index contributed by atoms with van der Waals surface area (Å²) in [6.45, 7) is 7.54. The standard InChI is InChI=1S/C12H19O2P.H2O/c1-4-11-7-9-12(10-8-11)15(13-5-2)14-6-3;/h7-10H,4-6H2,1-3H3;1H2. The van der Waals surface area contributed by atoms with Crippen LogP contribution in [0, 0.1) is 0 Å². The van der Waals surface area contributed by atoms with Crippen molar-refractivity contribution < 1.29 is 14.5 Å². The summed E-state index contributed by atoms with van der Waals surface area (Å²) in [6, 6.07) is 8.50. The van der Waals surface area contributed by atoms with Gasteiger partial charge in [0.15, 0.2) is 0 Å². The largest absolute Gasteiger partial charge is 0.412 e. The molecule has 0 bridgehead atoms. The Bertz CT molecular complexity index is 268. The van der Waals surface area contributed by atoms with Crippen LogP contribution in [0.2, 0.25) is 0 Å². The molecule has 1 aromatic carbocycles. The highest BCUT2D eigenvalue weighted by Gasteiger charge is 2.11. The molecule has 0 spiro atoms. The molecular formula is C12H21O3P. The lowest BCUT2D eigenvalue weighted by atomic mass is 10.2. The normalized spacial score (nSPS) is 10.2. The summed E-state index contributed by atoms with van der Waals surface area (Å²) in [6.07, 6.45) is 1.07. The van der Waals surface area contributed by atoms with Gasteiger partial charge in [0.25, 0.3) is 0 Å². The first kappa shape index (κ1) is 15.5. The first-order valence-corrected chi connectivity index (χ1v) is 6.64. The van der Waals surface area contributed by atoms with Gasteiger partial charge in [-0.3, -0.25) is 0 Å². The van der Waals surface area contributed by atoms with Crippen LogP contribution >= 0.6 is 8.38 Å². The molecular weight excluding hydrogens is 223 g/mol. The molecule has 0 aliphatic carbocycles. The van der Waals surface area contributed by atoms with E-state index in [0.29, 0.717) is 13.2 Å². The summed E-state index contributed by atoms with van der Waals surface area (Å²) in [5.41, 5.74) is 1.35. The molecule has 0 aliphatic heterocycles. The highest BCUT2D eigenvalue weighted by molar-refractivity contribution is 7.55. The molecule has 0 fully saturated rings. The zero-order chi connectivity index (χ0) is 11.1. The van der Waals surface area contributed by atoms with Crippen LogP contribution in [0.4, 0.5) is 0 Å². The van der Waals surface area contributed by atoms with Crippen molar-refractivity contribution in [1.29, 1.82) is 0 Å². The first-order valence-electron chi connectivity index (χ1n) is 5.46. The van der Waals surface area contributed by atoms with Crippen LogP contribution in [0.3, 0.4) is 0 Å². The zero-order valence-corrected chi connectivity index (χ0v) is 11.1. The molecule has 0 atom stereocenters. The van der Waals surface area contributed by atoms with E-state index in [-0.39, 0.29) is 5.48 Å². The molecule has 0 saturated heterocycles. The van der Waals surface area contributed by atoms with Crippen LogP contribution in [0.5, 0.6) is 0 Å². The van der Waals surface area contributed by atoms with Crippen molar-refractivity contribution in [2.24, 2.45) is 0 Å². The van der Waals surface area contributed by atoms with Crippen LogP contribution in [0.1, 0.15) is 26.3 Å². The molecule has 3 nitrogen and oxygen atoms in total. The van der Waals surface area contributed by atoms with Gasteiger partial charge >= 0.3 is 0 Å². The molecule has 16 heavy (non-hydrogen) atoms. The van der Waals surface area contributed by atoms with E-state index in [1.165, 1.54) is 5.56 Å². The van der Waals surface area contributed by atoms with Gasteiger partial charge in [-0.1, -0.05) is 19.1 Å². The minimum Gasteiger partial charge on any atom is -0.412 e. The minimum atomic E-state index is -0.873. The van der Waals surface area contributed by atoms with E-state index in [2.05, 4.69) is 31.2 Å². The smallest absolute Gasteiger partial charge is 0.205 e. The van der Waals surface area contributed by atoms with Gasteiger partial charge in [-0.05, 0) is 38.0 Å². The Kier molecular flexibility index (Phi) is 8.40. The third-order valence-electron chi connectivity index (χ3n) is 2.05. The van der Waals surface area contributed by atoms with Crippen molar-refractivity contribution in [2.75, 3.05) is 13.2 Å². The molecule has 2 N–H and O–H groups in total. The van der Waals surface area contributed by atoms with E-state index < -0.39 is 8.38 Å². The summed E-state index contributed by atoms with van der Waals surface area (Å²) in [5.74, 6) is 0. The number of hydrogen-bond donors (Lipinski definition) is 0. The maximum absolute atomic E-state index is 5.58. The molecule has 1 aromatic rings. The van der Waals surface area contributed by atoms with Crippen LogP contribution < -0.4 is 5.30 Å². The van der Waals surface area contributed by atoms with Gasteiger partial charge in [-0.2, -0.15) is 0 Å². The van der Waals surface area contributed by atoms with Gasteiger partial charge in [0.1, 0.15) is 0 Å². The van der Waals surface area contributed by atoms with Gasteiger partial charge in [-0.15, -0.1) is 0 Å². The summed E-state index contributed by atoms with van der Waals surface area (Å²) in [7, 11) is -0.873. The van der Waals surface area contributed by atoms with E-state index in [1.54, 1.807) is 0 Å². The Hall–Kier alpha value is -0.470. The van der Waals surface area contributed by atoms with Gasteiger partial charge in [-0.25, -0.2) is 0 Å². The van der Waals surface area contributed by atoms with Crippen molar-refractivity contribution in [3.8, 4) is 0 Å². The second kappa shape index (κ2) is 8.66. The third-order valence-corrected chi connectivity index (χ3v) is 3.75. The van der Waals surface area contributed by atoms with E-state index >= 15 is 0 Å². The van der Waals surface area contributed by atoms with E-state index in [4.69, 9.17) is 9.05 Å². The lowest BCUT2D eigenvalue weighted by Gasteiger charge is -2.15. The molecule has 92 valence electrons. The maximum Gasteiger partial charge on any atom is 0.205 e. The molecule has 1 rings (SSSR count). The third kappa shape index (κ3) is 4.58. The number of rotatable bonds is 6. The Morgan fingerprint density at radius 2 is 1.44 bits per heavy atom. The Labute approximate surface area is 99.0 Å². The molecule has 0 aliphatic rings. The monoisotopic (exact) mass is 244 g/mol. The predicted octanol–water partition coefficient (Wildman–Crippen LogP) is 2.43. The van der Waals surface area contributed by atoms with Crippen molar-refractivity contribution >= 4 is 13.7 Å². The highest BCUT2D eigenvalue weighted by Crippen LogP contribution is 2.36. The van der Waals surface area contributed by atoms with E-state index in [9.17, 15) is 0 Å². The maximum atomic E-state index is 5.58. The molecule has 0 heterocycles. The lowest BCUT2D eigenvalue weighted by molar-refractivity contribution is 0.277. The lowest BCUT2D eigenvalue weighted by Crippen LogP contribution is -2.06. The van der Waals surface area contributed by atoms with Crippen LogP contribution in [0.15, 0.2) is 24.3 Å². The topological polar surface area (TPSA) is 50.0 Å². The summed E-state index contributed by atoms with van der Waals surface area (Å²) >= 11 is 0. The van der Waals surface area contributed by atoms with Crippen LogP contribution in [-0.4, -0.2) is 18.7 Å². The number of hydrogen-bond acceptors (Lipinski definition) is 2. The van der Waals surface area contributed by atoms with Crippen molar-refractivity contribution in [1.82, 2.24) is 0 Å². The van der Waals surface area contributed by atoms with Crippen molar-refractivity contribution in [3.05, 3.63) is 29.8 Å². The number of benzene rings is 1. The molecule has 0 amide bonds. The molecule has 0 aromatic heterocycles. The second-order valence-corrected chi connectivity index (χ2v) is 4.66. The van der Waals surface area contributed by atoms with Gasteiger partial charge in [0.2, 0.25) is 8.38 Å². The summed E-state index contributed by atoms with van der Waals surface area (Å²) in [5, 5.41) is 1.16.